The van der Waals surface area contributed by atoms with Gasteiger partial charge in [-0.25, -0.2) is 4.98 Å². The number of carbonyl (C=O) groups excluding carboxylic acids is 1. The molecule has 1 amide bonds. The Hall–Kier alpha value is -2.22. The molecule has 2 aromatic heterocycles. The van der Waals surface area contributed by atoms with E-state index in [0.29, 0.717) is 10.2 Å². The second-order valence-electron chi connectivity index (χ2n) is 4.95. The third kappa shape index (κ3) is 3.51. The Kier molecular flexibility index (Phi) is 4.92. The Morgan fingerprint density at radius 1 is 1.36 bits per heavy atom. The van der Waals surface area contributed by atoms with Crippen molar-refractivity contribution in [3.05, 3.63) is 27.1 Å². The van der Waals surface area contributed by atoms with Crippen molar-refractivity contribution in [3.8, 4) is 0 Å². The minimum atomic E-state index is -0.963. The van der Waals surface area contributed by atoms with Crippen molar-refractivity contribution >= 4 is 33.4 Å². The topological polar surface area (TPSA) is 101 Å². The number of carbonyl (C=O) groups is 2. The number of aromatic nitrogens is 2. The molecule has 8 heteroatoms. The van der Waals surface area contributed by atoms with Gasteiger partial charge in [-0.05, 0) is 19.4 Å². The summed E-state index contributed by atoms with van der Waals surface area (Å²) >= 11 is 1.48. The smallest absolute Gasteiger partial charge is 0.305 e. The minimum absolute atomic E-state index is 0.0865. The van der Waals surface area contributed by atoms with Crippen molar-refractivity contribution in [2.45, 2.75) is 33.2 Å². The molecule has 0 fully saturated rings. The SMILES string of the molecule is Cc1sc2ncn(CCC(=O)NCCC(=O)O)c(=O)c2c1C. The molecule has 0 aliphatic rings. The van der Waals surface area contributed by atoms with Crippen molar-refractivity contribution < 1.29 is 14.7 Å². The Balaban J connectivity index is 2.05. The van der Waals surface area contributed by atoms with Crippen LogP contribution >= 0.6 is 11.3 Å². The summed E-state index contributed by atoms with van der Waals surface area (Å²) in [6.07, 6.45) is 1.44. The molecule has 118 valence electrons. The number of nitrogens with zero attached hydrogens (tertiary/aromatic N) is 2. The van der Waals surface area contributed by atoms with Crippen LogP contribution < -0.4 is 10.9 Å². The lowest BCUT2D eigenvalue weighted by Gasteiger charge is -2.06. The van der Waals surface area contributed by atoms with Crippen molar-refractivity contribution in [1.29, 1.82) is 0 Å². The summed E-state index contributed by atoms with van der Waals surface area (Å²) in [5.41, 5.74) is 0.781. The first-order valence-electron chi connectivity index (χ1n) is 6.83. The van der Waals surface area contributed by atoms with Crippen LogP contribution in [0.5, 0.6) is 0 Å². The lowest BCUT2D eigenvalue weighted by atomic mass is 10.2. The van der Waals surface area contributed by atoms with Gasteiger partial charge in [0.2, 0.25) is 5.91 Å². The fraction of sp³-hybridized carbons (Fsp3) is 0.429. The number of hydrogen-bond acceptors (Lipinski definition) is 5. The number of thiophene rings is 1. The summed E-state index contributed by atoms with van der Waals surface area (Å²) in [6.45, 7) is 4.14. The third-order valence-corrected chi connectivity index (χ3v) is 4.51. The monoisotopic (exact) mass is 323 g/mol. The average molecular weight is 323 g/mol. The van der Waals surface area contributed by atoms with Crippen LogP contribution in [0.25, 0.3) is 10.2 Å². The van der Waals surface area contributed by atoms with E-state index in [0.717, 1.165) is 10.4 Å². The first kappa shape index (κ1) is 16.2. The highest BCUT2D eigenvalue weighted by Crippen LogP contribution is 2.25. The molecule has 2 rings (SSSR count). The van der Waals surface area contributed by atoms with E-state index in [9.17, 15) is 14.4 Å². The van der Waals surface area contributed by atoms with Gasteiger partial charge in [0.05, 0.1) is 18.1 Å². The molecule has 0 atom stereocenters. The maximum Gasteiger partial charge on any atom is 0.305 e. The van der Waals surface area contributed by atoms with E-state index in [-0.39, 0.29) is 37.4 Å². The lowest BCUT2D eigenvalue weighted by Crippen LogP contribution is -2.29. The molecule has 2 heterocycles. The van der Waals surface area contributed by atoms with Gasteiger partial charge in [-0.1, -0.05) is 0 Å². The van der Waals surface area contributed by atoms with Crippen LogP contribution in [-0.2, 0) is 16.1 Å². The van der Waals surface area contributed by atoms with Gasteiger partial charge in [0.1, 0.15) is 4.83 Å². The maximum atomic E-state index is 12.4. The van der Waals surface area contributed by atoms with Crippen LogP contribution in [-0.4, -0.2) is 33.1 Å². The quantitative estimate of drug-likeness (QED) is 0.827. The summed E-state index contributed by atoms with van der Waals surface area (Å²) in [5.74, 6) is -1.25. The number of carboxylic acid groups (broad SMARTS) is 1. The van der Waals surface area contributed by atoms with Gasteiger partial charge in [0.15, 0.2) is 0 Å². The molecule has 2 aromatic rings. The lowest BCUT2D eigenvalue weighted by molar-refractivity contribution is -0.136. The highest BCUT2D eigenvalue weighted by Gasteiger charge is 2.12. The predicted molar refractivity (Wildman–Crippen MR) is 83.2 cm³/mol. The largest absolute Gasteiger partial charge is 0.481 e. The number of aliphatic carboxylic acids is 1. The number of aryl methyl sites for hydroxylation is 3. The molecule has 7 nitrogen and oxygen atoms in total. The van der Waals surface area contributed by atoms with E-state index in [1.165, 1.54) is 22.2 Å². The van der Waals surface area contributed by atoms with Crippen LogP contribution in [0.1, 0.15) is 23.3 Å². The van der Waals surface area contributed by atoms with Crippen molar-refractivity contribution in [2.24, 2.45) is 0 Å². The fourth-order valence-corrected chi connectivity index (χ4v) is 3.04. The van der Waals surface area contributed by atoms with Crippen LogP contribution in [0, 0.1) is 13.8 Å². The normalized spacial score (nSPS) is 10.8. The highest BCUT2D eigenvalue weighted by atomic mass is 32.1. The minimum Gasteiger partial charge on any atom is -0.481 e. The molecule has 22 heavy (non-hydrogen) atoms. The Bertz CT molecular complexity index is 778. The standard InChI is InChI=1S/C14H17N3O4S/c1-8-9(2)22-13-12(8)14(21)17(7-16-13)6-4-10(18)15-5-3-11(19)20/h7H,3-6H2,1-2H3,(H,15,18)(H,19,20). The van der Waals surface area contributed by atoms with Crippen LogP contribution in [0.2, 0.25) is 0 Å². The van der Waals surface area contributed by atoms with Crippen molar-refractivity contribution in [3.63, 3.8) is 0 Å². The summed E-state index contributed by atoms with van der Waals surface area (Å²) in [7, 11) is 0. The summed E-state index contributed by atoms with van der Waals surface area (Å²) in [5, 5.41) is 11.6. The summed E-state index contributed by atoms with van der Waals surface area (Å²) < 4.78 is 1.41. The van der Waals surface area contributed by atoms with E-state index in [1.54, 1.807) is 0 Å². The van der Waals surface area contributed by atoms with Gasteiger partial charge in [-0.2, -0.15) is 0 Å². The van der Waals surface area contributed by atoms with Crippen molar-refractivity contribution in [1.82, 2.24) is 14.9 Å². The van der Waals surface area contributed by atoms with E-state index in [1.807, 2.05) is 13.8 Å². The molecule has 0 unspecified atom stereocenters. The molecule has 0 radical (unpaired) electrons. The zero-order valence-corrected chi connectivity index (χ0v) is 13.2. The van der Waals surface area contributed by atoms with E-state index < -0.39 is 5.97 Å². The van der Waals surface area contributed by atoms with Gasteiger partial charge < -0.3 is 10.4 Å². The molecule has 2 N–H and O–H groups in total. The Morgan fingerprint density at radius 3 is 2.77 bits per heavy atom. The number of fused-ring (bicyclic) bond motifs is 1. The zero-order valence-electron chi connectivity index (χ0n) is 12.4. The molecule has 0 aliphatic carbocycles. The number of nitrogens with one attached hydrogen (secondary N) is 1. The molecule has 0 bridgehead atoms. The van der Waals surface area contributed by atoms with Crippen LogP contribution in [0.15, 0.2) is 11.1 Å². The molecule has 0 aromatic carbocycles. The van der Waals surface area contributed by atoms with Gasteiger partial charge in [0.25, 0.3) is 5.56 Å². The molecule has 0 saturated carbocycles. The first-order valence-corrected chi connectivity index (χ1v) is 7.65. The molecule has 0 aliphatic heterocycles. The van der Waals surface area contributed by atoms with E-state index in [4.69, 9.17) is 5.11 Å². The van der Waals surface area contributed by atoms with Crippen LogP contribution in [0.3, 0.4) is 0 Å². The van der Waals surface area contributed by atoms with Gasteiger partial charge in [-0.3, -0.25) is 19.0 Å². The predicted octanol–water partition coefficient (Wildman–Crippen LogP) is 1.06. The Labute approximate surface area is 130 Å². The maximum absolute atomic E-state index is 12.4. The van der Waals surface area contributed by atoms with Gasteiger partial charge >= 0.3 is 5.97 Å². The molecule has 0 saturated heterocycles. The second-order valence-corrected chi connectivity index (χ2v) is 6.15. The summed E-state index contributed by atoms with van der Waals surface area (Å²) in [6, 6.07) is 0. The van der Waals surface area contributed by atoms with Crippen LogP contribution in [0.4, 0.5) is 0 Å². The van der Waals surface area contributed by atoms with E-state index >= 15 is 0 Å². The summed E-state index contributed by atoms with van der Waals surface area (Å²) in [4.78, 5) is 40.4. The molecular formula is C14H17N3O4S. The Morgan fingerprint density at radius 2 is 2.09 bits per heavy atom. The number of rotatable bonds is 6. The molecular weight excluding hydrogens is 306 g/mol. The third-order valence-electron chi connectivity index (χ3n) is 3.40. The fourth-order valence-electron chi connectivity index (χ4n) is 2.05. The number of hydrogen-bond donors (Lipinski definition) is 2. The van der Waals surface area contributed by atoms with Gasteiger partial charge in [0, 0.05) is 24.4 Å². The zero-order chi connectivity index (χ0) is 16.3. The second kappa shape index (κ2) is 6.69. The number of amides is 1. The molecule has 0 spiro atoms. The van der Waals surface area contributed by atoms with Crippen molar-refractivity contribution in [2.75, 3.05) is 6.54 Å². The number of carboxylic acids is 1. The van der Waals surface area contributed by atoms with E-state index in [2.05, 4.69) is 10.3 Å². The van der Waals surface area contributed by atoms with Gasteiger partial charge in [-0.15, -0.1) is 11.3 Å². The highest BCUT2D eigenvalue weighted by molar-refractivity contribution is 7.18. The first-order chi connectivity index (χ1) is 10.4. The average Bonchev–Trinajstić information content (AvgIpc) is 2.74.